The summed E-state index contributed by atoms with van der Waals surface area (Å²) in [5.41, 5.74) is 1.52. The van der Waals surface area contributed by atoms with Crippen LogP contribution in [0.3, 0.4) is 0 Å². The maximum Gasteiger partial charge on any atom is 0.276 e. The Labute approximate surface area is 126 Å². The molecule has 0 aliphatic carbocycles. The van der Waals surface area contributed by atoms with E-state index in [9.17, 15) is 4.79 Å². The molecule has 22 heavy (non-hydrogen) atoms. The standard InChI is InChI=1S/C16H11N5O/c1-2-12-4-3-5-13(10-12)18-16(22)14-6-7-15(20-19-14)21-9-8-17-11-21/h1,3-11H,(H,18,22). The van der Waals surface area contributed by atoms with Crippen molar-refractivity contribution in [2.75, 3.05) is 5.32 Å². The van der Waals surface area contributed by atoms with Crippen LogP contribution in [-0.2, 0) is 0 Å². The van der Waals surface area contributed by atoms with Crippen molar-refractivity contribution in [3.8, 4) is 18.2 Å². The largest absolute Gasteiger partial charge is 0.321 e. The molecule has 0 aliphatic heterocycles. The average molecular weight is 289 g/mol. The maximum atomic E-state index is 12.1. The number of terminal acetylenes is 1. The van der Waals surface area contributed by atoms with E-state index < -0.39 is 0 Å². The quantitative estimate of drug-likeness (QED) is 0.747. The van der Waals surface area contributed by atoms with Crippen LogP contribution in [0, 0.1) is 12.3 Å². The summed E-state index contributed by atoms with van der Waals surface area (Å²) in [7, 11) is 0. The van der Waals surface area contributed by atoms with Gasteiger partial charge in [-0.2, -0.15) is 0 Å². The highest BCUT2D eigenvalue weighted by Gasteiger charge is 2.09. The number of benzene rings is 1. The number of carbonyl (C=O) groups excluding carboxylic acids is 1. The summed E-state index contributed by atoms with van der Waals surface area (Å²) in [6, 6.07) is 10.3. The Hall–Kier alpha value is -3.46. The molecule has 0 spiro atoms. The van der Waals surface area contributed by atoms with Gasteiger partial charge in [-0.15, -0.1) is 16.6 Å². The molecular formula is C16H11N5O. The first-order valence-electron chi connectivity index (χ1n) is 6.46. The molecule has 0 radical (unpaired) electrons. The van der Waals surface area contributed by atoms with Gasteiger partial charge in [0.15, 0.2) is 11.5 Å². The van der Waals surface area contributed by atoms with Crippen LogP contribution < -0.4 is 5.32 Å². The van der Waals surface area contributed by atoms with Crippen LogP contribution in [0.2, 0.25) is 0 Å². The van der Waals surface area contributed by atoms with Crippen molar-refractivity contribution in [3.05, 3.63) is 66.4 Å². The molecular weight excluding hydrogens is 278 g/mol. The van der Waals surface area contributed by atoms with Gasteiger partial charge in [0.25, 0.3) is 5.91 Å². The third kappa shape index (κ3) is 2.83. The summed E-state index contributed by atoms with van der Waals surface area (Å²) in [6.45, 7) is 0. The van der Waals surface area contributed by atoms with Crippen molar-refractivity contribution in [3.63, 3.8) is 0 Å². The minimum atomic E-state index is -0.348. The third-order valence-corrected chi connectivity index (χ3v) is 2.94. The van der Waals surface area contributed by atoms with Crippen molar-refractivity contribution >= 4 is 11.6 Å². The van der Waals surface area contributed by atoms with E-state index in [0.29, 0.717) is 17.1 Å². The Balaban J connectivity index is 1.76. The molecule has 6 heteroatoms. The fourth-order valence-corrected chi connectivity index (χ4v) is 1.86. The van der Waals surface area contributed by atoms with Crippen LogP contribution in [0.5, 0.6) is 0 Å². The molecule has 1 aromatic carbocycles. The lowest BCUT2D eigenvalue weighted by molar-refractivity contribution is 0.102. The van der Waals surface area contributed by atoms with Crippen molar-refractivity contribution in [1.29, 1.82) is 0 Å². The first kappa shape index (κ1) is 13.5. The highest BCUT2D eigenvalue weighted by Crippen LogP contribution is 2.11. The zero-order valence-electron chi connectivity index (χ0n) is 11.5. The molecule has 0 bridgehead atoms. The summed E-state index contributed by atoms with van der Waals surface area (Å²) < 4.78 is 1.70. The molecule has 0 aliphatic rings. The molecule has 0 saturated heterocycles. The Bertz CT molecular complexity index is 832. The van der Waals surface area contributed by atoms with Crippen molar-refractivity contribution in [2.24, 2.45) is 0 Å². The number of amides is 1. The number of aromatic nitrogens is 4. The molecule has 1 N–H and O–H groups in total. The van der Waals surface area contributed by atoms with Gasteiger partial charge in [0.1, 0.15) is 6.33 Å². The van der Waals surface area contributed by atoms with Gasteiger partial charge in [-0.1, -0.05) is 12.0 Å². The molecule has 3 aromatic rings. The van der Waals surface area contributed by atoms with Crippen LogP contribution in [0.1, 0.15) is 16.1 Å². The fraction of sp³-hybridized carbons (Fsp3) is 0. The van der Waals surface area contributed by atoms with Crippen molar-refractivity contribution in [2.45, 2.75) is 0 Å². The smallest absolute Gasteiger partial charge is 0.276 e. The number of rotatable bonds is 3. The van der Waals surface area contributed by atoms with Crippen molar-refractivity contribution in [1.82, 2.24) is 19.7 Å². The second-order valence-electron chi connectivity index (χ2n) is 4.43. The molecule has 0 saturated carbocycles. The zero-order chi connectivity index (χ0) is 15.4. The fourth-order valence-electron chi connectivity index (χ4n) is 1.86. The predicted octanol–water partition coefficient (Wildman–Crippen LogP) is 1.90. The van der Waals surface area contributed by atoms with Crippen LogP contribution >= 0.6 is 0 Å². The number of hydrogen-bond acceptors (Lipinski definition) is 4. The molecule has 2 aromatic heterocycles. The Kier molecular flexibility index (Phi) is 3.62. The second-order valence-corrected chi connectivity index (χ2v) is 4.43. The molecule has 0 fully saturated rings. The van der Waals surface area contributed by atoms with Crippen LogP contribution in [0.4, 0.5) is 5.69 Å². The monoisotopic (exact) mass is 289 g/mol. The summed E-state index contributed by atoms with van der Waals surface area (Å²) >= 11 is 0. The van der Waals surface area contributed by atoms with E-state index in [4.69, 9.17) is 6.42 Å². The highest BCUT2D eigenvalue weighted by atomic mass is 16.1. The van der Waals surface area contributed by atoms with E-state index in [1.54, 1.807) is 59.7 Å². The Morgan fingerprint density at radius 3 is 2.82 bits per heavy atom. The van der Waals surface area contributed by atoms with E-state index >= 15 is 0 Å². The summed E-state index contributed by atoms with van der Waals surface area (Å²) in [5, 5.41) is 10.7. The van der Waals surface area contributed by atoms with Gasteiger partial charge in [-0.3, -0.25) is 9.36 Å². The van der Waals surface area contributed by atoms with Gasteiger partial charge in [-0.05, 0) is 30.3 Å². The van der Waals surface area contributed by atoms with E-state index in [1.807, 2.05) is 0 Å². The summed E-state index contributed by atoms with van der Waals surface area (Å²) in [6.07, 6.45) is 10.3. The van der Waals surface area contributed by atoms with Gasteiger partial charge in [0.2, 0.25) is 0 Å². The number of carbonyl (C=O) groups is 1. The lowest BCUT2D eigenvalue weighted by Gasteiger charge is -2.05. The number of nitrogens with one attached hydrogen (secondary N) is 1. The van der Waals surface area contributed by atoms with Crippen LogP contribution in [-0.4, -0.2) is 25.7 Å². The molecule has 2 heterocycles. The third-order valence-electron chi connectivity index (χ3n) is 2.94. The number of nitrogens with zero attached hydrogens (tertiary/aromatic N) is 4. The second kappa shape index (κ2) is 5.89. The van der Waals surface area contributed by atoms with Gasteiger partial charge in [0.05, 0.1) is 0 Å². The minimum Gasteiger partial charge on any atom is -0.321 e. The Morgan fingerprint density at radius 1 is 1.23 bits per heavy atom. The zero-order valence-corrected chi connectivity index (χ0v) is 11.5. The van der Waals surface area contributed by atoms with E-state index in [1.165, 1.54) is 0 Å². The topological polar surface area (TPSA) is 72.7 Å². The normalized spacial score (nSPS) is 9.95. The number of imidazole rings is 1. The van der Waals surface area contributed by atoms with Gasteiger partial charge in [-0.25, -0.2) is 4.98 Å². The van der Waals surface area contributed by atoms with Gasteiger partial charge in [0, 0.05) is 23.6 Å². The molecule has 0 unspecified atom stereocenters. The first-order valence-corrected chi connectivity index (χ1v) is 6.46. The number of hydrogen-bond donors (Lipinski definition) is 1. The van der Waals surface area contributed by atoms with Crippen LogP contribution in [0.25, 0.3) is 5.82 Å². The maximum absolute atomic E-state index is 12.1. The summed E-state index contributed by atoms with van der Waals surface area (Å²) in [4.78, 5) is 16.1. The molecule has 6 nitrogen and oxygen atoms in total. The van der Waals surface area contributed by atoms with Crippen molar-refractivity contribution < 1.29 is 4.79 Å². The summed E-state index contributed by atoms with van der Waals surface area (Å²) in [5.74, 6) is 2.75. The minimum absolute atomic E-state index is 0.218. The highest BCUT2D eigenvalue weighted by molar-refractivity contribution is 6.02. The lowest BCUT2D eigenvalue weighted by atomic mass is 10.2. The van der Waals surface area contributed by atoms with E-state index in [0.717, 1.165) is 0 Å². The van der Waals surface area contributed by atoms with E-state index in [2.05, 4.69) is 26.4 Å². The van der Waals surface area contributed by atoms with Gasteiger partial charge < -0.3 is 5.32 Å². The van der Waals surface area contributed by atoms with Crippen LogP contribution in [0.15, 0.2) is 55.1 Å². The SMILES string of the molecule is C#Cc1cccc(NC(=O)c2ccc(-n3ccnc3)nn2)c1. The average Bonchev–Trinajstić information content (AvgIpc) is 3.09. The molecule has 0 atom stereocenters. The molecule has 106 valence electrons. The van der Waals surface area contributed by atoms with Gasteiger partial charge >= 0.3 is 0 Å². The van der Waals surface area contributed by atoms with E-state index in [-0.39, 0.29) is 11.6 Å². The molecule has 1 amide bonds. The number of anilines is 1. The lowest BCUT2D eigenvalue weighted by Crippen LogP contribution is -2.15. The molecule has 3 rings (SSSR count). The predicted molar refractivity (Wildman–Crippen MR) is 81.5 cm³/mol. The first-order chi connectivity index (χ1) is 10.8. The Morgan fingerprint density at radius 2 is 2.14 bits per heavy atom.